The van der Waals surface area contributed by atoms with E-state index in [0.29, 0.717) is 11.4 Å². The number of hydrogen-bond acceptors (Lipinski definition) is 4. The topological polar surface area (TPSA) is 80.4 Å². The van der Waals surface area contributed by atoms with E-state index in [-0.39, 0.29) is 24.2 Å². The quantitative estimate of drug-likeness (QED) is 0.796. The first kappa shape index (κ1) is 16.1. The van der Waals surface area contributed by atoms with E-state index in [0.717, 1.165) is 12.0 Å². The predicted octanol–water partition coefficient (Wildman–Crippen LogP) is 1.54. The fourth-order valence-corrected chi connectivity index (χ4v) is 2.94. The van der Waals surface area contributed by atoms with Gasteiger partial charge in [-0.1, -0.05) is 26.0 Å². The van der Waals surface area contributed by atoms with Gasteiger partial charge in [-0.15, -0.1) is 0 Å². The summed E-state index contributed by atoms with van der Waals surface area (Å²) >= 11 is 0. The fourth-order valence-electron chi connectivity index (χ4n) is 2.05. The van der Waals surface area contributed by atoms with Crippen molar-refractivity contribution in [2.45, 2.75) is 31.1 Å². The summed E-state index contributed by atoms with van der Waals surface area (Å²) in [6.45, 7) is 4.24. The largest absolute Gasteiger partial charge is 0.396 e. The fraction of sp³-hybridized carbons (Fsp3) is 0.571. The third-order valence-electron chi connectivity index (χ3n) is 3.47. The average molecular weight is 285 g/mol. The van der Waals surface area contributed by atoms with Crippen LogP contribution < -0.4 is 5.73 Å². The molecule has 2 unspecified atom stereocenters. The van der Waals surface area contributed by atoms with Crippen LogP contribution in [-0.4, -0.2) is 32.4 Å². The molecule has 19 heavy (non-hydrogen) atoms. The van der Waals surface area contributed by atoms with Crippen molar-refractivity contribution >= 4 is 9.84 Å². The molecule has 0 saturated heterocycles. The minimum absolute atomic E-state index is 0.0864. The first-order valence-electron chi connectivity index (χ1n) is 6.58. The van der Waals surface area contributed by atoms with Crippen LogP contribution in [0.15, 0.2) is 29.2 Å². The SMILES string of the molecule is CCS(=O)(=O)c1ccc(C(C)CC(CN)CO)cc1. The molecule has 1 aromatic rings. The zero-order valence-corrected chi connectivity index (χ0v) is 12.4. The number of hydrogen-bond donors (Lipinski definition) is 2. The molecule has 0 aromatic heterocycles. The Morgan fingerprint density at radius 2 is 1.84 bits per heavy atom. The number of sulfone groups is 1. The Morgan fingerprint density at radius 3 is 2.26 bits per heavy atom. The predicted molar refractivity (Wildman–Crippen MR) is 76.8 cm³/mol. The molecule has 0 spiro atoms. The molecule has 1 rings (SSSR count). The second-order valence-corrected chi connectivity index (χ2v) is 7.17. The van der Waals surface area contributed by atoms with Gasteiger partial charge in [0.2, 0.25) is 0 Å². The molecule has 108 valence electrons. The maximum atomic E-state index is 11.7. The van der Waals surface area contributed by atoms with Crippen molar-refractivity contribution in [1.82, 2.24) is 0 Å². The second kappa shape index (κ2) is 7.03. The van der Waals surface area contributed by atoms with Crippen molar-refractivity contribution in [3.8, 4) is 0 Å². The summed E-state index contributed by atoms with van der Waals surface area (Å²) in [5.41, 5.74) is 6.64. The van der Waals surface area contributed by atoms with E-state index < -0.39 is 9.84 Å². The smallest absolute Gasteiger partial charge is 0.178 e. The Labute approximate surface area is 115 Å². The lowest BCUT2D eigenvalue weighted by molar-refractivity contribution is 0.217. The van der Waals surface area contributed by atoms with Gasteiger partial charge in [-0.2, -0.15) is 0 Å². The van der Waals surface area contributed by atoms with Gasteiger partial charge < -0.3 is 10.8 Å². The molecule has 0 aliphatic carbocycles. The number of nitrogens with two attached hydrogens (primary N) is 1. The summed E-state index contributed by atoms with van der Waals surface area (Å²) in [7, 11) is -3.13. The van der Waals surface area contributed by atoms with E-state index in [1.54, 1.807) is 19.1 Å². The van der Waals surface area contributed by atoms with Crippen LogP contribution in [0.3, 0.4) is 0 Å². The van der Waals surface area contributed by atoms with Gasteiger partial charge in [-0.3, -0.25) is 0 Å². The molecular weight excluding hydrogens is 262 g/mol. The van der Waals surface area contributed by atoms with Gasteiger partial charge in [0.05, 0.1) is 10.6 Å². The van der Waals surface area contributed by atoms with Crippen LogP contribution in [0, 0.1) is 5.92 Å². The zero-order valence-electron chi connectivity index (χ0n) is 11.5. The molecule has 4 nitrogen and oxygen atoms in total. The van der Waals surface area contributed by atoms with E-state index in [2.05, 4.69) is 6.92 Å². The lowest BCUT2D eigenvalue weighted by Crippen LogP contribution is -2.20. The molecule has 0 fully saturated rings. The Balaban J connectivity index is 2.81. The lowest BCUT2D eigenvalue weighted by atomic mass is 9.91. The first-order chi connectivity index (χ1) is 8.94. The molecule has 0 saturated carbocycles. The summed E-state index contributed by atoms with van der Waals surface area (Å²) in [6.07, 6.45) is 0.798. The molecule has 5 heteroatoms. The Bertz CT molecular complexity index is 478. The minimum Gasteiger partial charge on any atom is -0.396 e. The standard InChI is InChI=1S/C14H23NO3S/c1-3-19(17,18)14-6-4-13(5-7-14)11(2)8-12(9-15)10-16/h4-7,11-12,16H,3,8-10,15H2,1-2H3. The van der Waals surface area contributed by atoms with Crippen LogP contribution in [0.25, 0.3) is 0 Å². The van der Waals surface area contributed by atoms with Crippen molar-refractivity contribution in [3.63, 3.8) is 0 Å². The maximum Gasteiger partial charge on any atom is 0.178 e. The van der Waals surface area contributed by atoms with E-state index in [1.165, 1.54) is 0 Å². The molecule has 0 amide bonds. The van der Waals surface area contributed by atoms with Crippen LogP contribution in [0.4, 0.5) is 0 Å². The number of aliphatic hydroxyl groups is 1. The van der Waals surface area contributed by atoms with E-state index in [9.17, 15) is 8.42 Å². The molecule has 0 aliphatic heterocycles. The lowest BCUT2D eigenvalue weighted by Gasteiger charge is -2.18. The van der Waals surface area contributed by atoms with Gasteiger partial charge in [0, 0.05) is 6.61 Å². The Morgan fingerprint density at radius 1 is 1.26 bits per heavy atom. The van der Waals surface area contributed by atoms with Crippen LogP contribution in [0.1, 0.15) is 31.7 Å². The van der Waals surface area contributed by atoms with Crippen molar-refractivity contribution in [3.05, 3.63) is 29.8 Å². The highest BCUT2D eigenvalue weighted by Gasteiger charge is 2.15. The molecule has 3 N–H and O–H groups in total. The number of rotatable bonds is 7. The number of benzene rings is 1. The van der Waals surface area contributed by atoms with Gasteiger partial charge in [0.25, 0.3) is 0 Å². The third kappa shape index (κ3) is 4.30. The van der Waals surface area contributed by atoms with Crippen molar-refractivity contribution < 1.29 is 13.5 Å². The van der Waals surface area contributed by atoms with E-state index in [4.69, 9.17) is 10.8 Å². The second-order valence-electron chi connectivity index (χ2n) is 4.89. The van der Waals surface area contributed by atoms with Gasteiger partial charge in [0.15, 0.2) is 9.84 Å². The summed E-state index contributed by atoms with van der Waals surface area (Å²) in [5.74, 6) is 0.454. The molecule has 0 bridgehead atoms. The monoisotopic (exact) mass is 285 g/mol. The highest BCUT2D eigenvalue weighted by Crippen LogP contribution is 2.24. The summed E-state index contributed by atoms with van der Waals surface area (Å²) in [6, 6.07) is 7.00. The molecule has 0 radical (unpaired) electrons. The zero-order chi connectivity index (χ0) is 14.5. The van der Waals surface area contributed by atoms with E-state index >= 15 is 0 Å². The normalized spacial score (nSPS) is 15.2. The highest BCUT2D eigenvalue weighted by molar-refractivity contribution is 7.91. The van der Waals surface area contributed by atoms with Crippen molar-refractivity contribution in [2.75, 3.05) is 18.9 Å². The van der Waals surface area contributed by atoms with Crippen LogP contribution in [0.5, 0.6) is 0 Å². The van der Waals surface area contributed by atoms with Crippen molar-refractivity contribution in [1.29, 1.82) is 0 Å². The van der Waals surface area contributed by atoms with Crippen LogP contribution in [-0.2, 0) is 9.84 Å². The maximum absolute atomic E-state index is 11.7. The van der Waals surface area contributed by atoms with E-state index in [1.807, 2.05) is 12.1 Å². The third-order valence-corrected chi connectivity index (χ3v) is 5.22. The summed E-state index contributed by atoms with van der Waals surface area (Å²) in [5, 5.41) is 9.15. The van der Waals surface area contributed by atoms with Crippen LogP contribution in [0.2, 0.25) is 0 Å². The average Bonchev–Trinajstić information content (AvgIpc) is 2.44. The highest BCUT2D eigenvalue weighted by atomic mass is 32.2. The molecule has 2 atom stereocenters. The van der Waals surface area contributed by atoms with Gasteiger partial charge in [0.1, 0.15) is 0 Å². The van der Waals surface area contributed by atoms with Crippen LogP contribution >= 0.6 is 0 Å². The molecule has 0 heterocycles. The summed E-state index contributed by atoms with van der Waals surface area (Å²) in [4.78, 5) is 0.364. The van der Waals surface area contributed by atoms with Gasteiger partial charge in [-0.05, 0) is 42.5 Å². The summed E-state index contributed by atoms with van der Waals surface area (Å²) < 4.78 is 23.4. The Kier molecular flexibility index (Phi) is 5.97. The molecule has 1 aromatic carbocycles. The molecule has 0 aliphatic rings. The Hall–Kier alpha value is -0.910. The minimum atomic E-state index is -3.13. The van der Waals surface area contributed by atoms with Gasteiger partial charge in [-0.25, -0.2) is 8.42 Å². The van der Waals surface area contributed by atoms with Crippen molar-refractivity contribution in [2.24, 2.45) is 11.7 Å². The number of aliphatic hydroxyl groups excluding tert-OH is 1. The first-order valence-corrected chi connectivity index (χ1v) is 8.23. The molecular formula is C14H23NO3S. The van der Waals surface area contributed by atoms with Gasteiger partial charge >= 0.3 is 0 Å².